The number of nitrogens with zero attached hydrogens (tertiary/aromatic N) is 2. The molecule has 0 aliphatic carbocycles. The Morgan fingerprint density at radius 2 is 1.64 bits per heavy atom. The zero-order valence-electron chi connectivity index (χ0n) is 18.6. The maximum absolute atomic E-state index is 12.5. The van der Waals surface area contributed by atoms with Gasteiger partial charge in [-0.25, -0.2) is 0 Å². The molecule has 1 amide bonds. The molecule has 6 nitrogen and oxygen atoms in total. The van der Waals surface area contributed by atoms with Crippen LogP contribution in [0, 0.1) is 0 Å². The number of carbonyl (C=O) groups excluding carboxylic acids is 1. The van der Waals surface area contributed by atoms with Crippen molar-refractivity contribution in [2.24, 2.45) is 0 Å². The standard InChI is InChI=1S/C27H27N3O3/c1-32-24-9-5-8-23(16-24)19-30(18-22-6-3-2-4-7-22)20-25-10-11-26(33-25)27(31)29-17-21-12-14-28-15-13-21/h2-16H,17-20H2,1H3,(H,29,31). The Morgan fingerprint density at radius 1 is 0.879 bits per heavy atom. The van der Waals surface area contributed by atoms with E-state index >= 15 is 0 Å². The molecule has 4 rings (SSSR count). The third kappa shape index (κ3) is 6.54. The first-order valence-electron chi connectivity index (χ1n) is 10.8. The first kappa shape index (κ1) is 22.3. The molecule has 168 valence electrons. The van der Waals surface area contributed by atoms with Crippen LogP contribution >= 0.6 is 0 Å². The molecular formula is C27H27N3O3. The highest BCUT2D eigenvalue weighted by Gasteiger charge is 2.15. The van der Waals surface area contributed by atoms with Crippen molar-refractivity contribution in [3.63, 3.8) is 0 Å². The van der Waals surface area contributed by atoms with Crippen LogP contribution in [0.15, 0.2) is 95.7 Å². The maximum Gasteiger partial charge on any atom is 0.287 e. The van der Waals surface area contributed by atoms with E-state index in [4.69, 9.17) is 9.15 Å². The molecule has 6 heteroatoms. The summed E-state index contributed by atoms with van der Waals surface area (Å²) in [5.41, 5.74) is 3.34. The van der Waals surface area contributed by atoms with Gasteiger partial charge >= 0.3 is 0 Å². The first-order chi connectivity index (χ1) is 16.2. The van der Waals surface area contributed by atoms with Gasteiger partial charge in [-0.2, -0.15) is 0 Å². The summed E-state index contributed by atoms with van der Waals surface area (Å²) in [6, 6.07) is 25.7. The van der Waals surface area contributed by atoms with Crippen molar-refractivity contribution in [3.05, 3.63) is 119 Å². The molecule has 0 bridgehead atoms. The van der Waals surface area contributed by atoms with E-state index in [1.165, 1.54) is 5.56 Å². The molecule has 33 heavy (non-hydrogen) atoms. The Balaban J connectivity index is 1.44. The van der Waals surface area contributed by atoms with E-state index in [1.807, 2.05) is 54.6 Å². The number of methoxy groups -OCH3 is 1. The van der Waals surface area contributed by atoms with Crippen LogP contribution in [0.4, 0.5) is 0 Å². The van der Waals surface area contributed by atoms with Crippen molar-refractivity contribution < 1.29 is 13.9 Å². The second-order valence-electron chi connectivity index (χ2n) is 7.79. The summed E-state index contributed by atoms with van der Waals surface area (Å²) in [6.07, 6.45) is 3.41. The monoisotopic (exact) mass is 441 g/mol. The Bertz CT molecular complexity index is 1160. The average Bonchev–Trinajstić information content (AvgIpc) is 3.32. The van der Waals surface area contributed by atoms with Crippen molar-refractivity contribution in [2.45, 2.75) is 26.2 Å². The molecule has 0 fully saturated rings. The fourth-order valence-corrected chi connectivity index (χ4v) is 3.61. The van der Waals surface area contributed by atoms with Gasteiger partial charge in [-0.1, -0.05) is 42.5 Å². The minimum absolute atomic E-state index is 0.236. The van der Waals surface area contributed by atoms with Crippen molar-refractivity contribution in [1.82, 2.24) is 15.2 Å². The van der Waals surface area contributed by atoms with Crippen molar-refractivity contribution >= 4 is 5.91 Å². The summed E-state index contributed by atoms with van der Waals surface area (Å²) in [6.45, 7) is 2.47. The van der Waals surface area contributed by atoms with Gasteiger partial charge in [-0.3, -0.25) is 14.7 Å². The van der Waals surface area contributed by atoms with Gasteiger partial charge in [-0.05, 0) is 53.1 Å². The van der Waals surface area contributed by atoms with Gasteiger partial charge in [0.25, 0.3) is 5.91 Å². The highest BCUT2D eigenvalue weighted by atomic mass is 16.5. The average molecular weight is 442 g/mol. The highest BCUT2D eigenvalue weighted by molar-refractivity contribution is 5.91. The molecule has 1 N–H and O–H groups in total. The number of hydrogen-bond donors (Lipinski definition) is 1. The van der Waals surface area contributed by atoms with Gasteiger partial charge in [0.1, 0.15) is 11.5 Å². The molecule has 2 aromatic heterocycles. The molecular weight excluding hydrogens is 414 g/mol. The van der Waals surface area contributed by atoms with Crippen molar-refractivity contribution in [2.75, 3.05) is 7.11 Å². The molecule has 0 radical (unpaired) electrons. The van der Waals surface area contributed by atoms with E-state index in [0.717, 1.165) is 35.7 Å². The second-order valence-corrected chi connectivity index (χ2v) is 7.79. The SMILES string of the molecule is COc1cccc(CN(Cc2ccccc2)Cc2ccc(C(=O)NCc3ccncc3)o2)c1. The Hall–Kier alpha value is -3.90. The summed E-state index contributed by atoms with van der Waals surface area (Å²) in [7, 11) is 1.67. The van der Waals surface area contributed by atoms with Crippen LogP contribution in [0.25, 0.3) is 0 Å². The molecule has 0 spiro atoms. The van der Waals surface area contributed by atoms with Gasteiger partial charge in [0.05, 0.1) is 13.7 Å². The minimum atomic E-state index is -0.236. The number of pyridine rings is 1. The quantitative estimate of drug-likeness (QED) is 0.382. The molecule has 0 aliphatic rings. The third-order valence-electron chi connectivity index (χ3n) is 5.26. The van der Waals surface area contributed by atoms with Crippen LogP contribution in [0.5, 0.6) is 5.75 Å². The van der Waals surface area contributed by atoms with E-state index in [2.05, 4.69) is 33.4 Å². The molecule has 2 aromatic carbocycles. The Labute approximate surface area is 193 Å². The topological polar surface area (TPSA) is 67.6 Å². The van der Waals surface area contributed by atoms with Crippen LogP contribution in [-0.4, -0.2) is 22.9 Å². The normalized spacial score (nSPS) is 10.8. The maximum atomic E-state index is 12.5. The molecule has 0 saturated heterocycles. The van der Waals surface area contributed by atoms with Crippen LogP contribution in [0.3, 0.4) is 0 Å². The van der Waals surface area contributed by atoms with E-state index in [0.29, 0.717) is 18.8 Å². The van der Waals surface area contributed by atoms with E-state index < -0.39 is 0 Å². The number of hydrogen-bond acceptors (Lipinski definition) is 5. The molecule has 2 heterocycles. The molecule has 0 atom stereocenters. The fourth-order valence-electron chi connectivity index (χ4n) is 3.61. The van der Waals surface area contributed by atoms with E-state index in [-0.39, 0.29) is 5.91 Å². The highest BCUT2D eigenvalue weighted by Crippen LogP contribution is 2.19. The van der Waals surface area contributed by atoms with Gasteiger partial charge in [0.15, 0.2) is 5.76 Å². The largest absolute Gasteiger partial charge is 0.497 e. The van der Waals surface area contributed by atoms with Gasteiger partial charge in [-0.15, -0.1) is 0 Å². The zero-order valence-corrected chi connectivity index (χ0v) is 18.6. The lowest BCUT2D eigenvalue weighted by Gasteiger charge is -2.22. The number of aromatic nitrogens is 1. The smallest absolute Gasteiger partial charge is 0.287 e. The van der Waals surface area contributed by atoms with Crippen LogP contribution < -0.4 is 10.1 Å². The first-order valence-corrected chi connectivity index (χ1v) is 10.8. The predicted molar refractivity (Wildman–Crippen MR) is 127 cm³/mol. The number of benzene rings is 2. The minimum Gasteiger partial charge on any atom is -0.497 e. The number of nitrogens with one attached hydrogen (secondary N) is 1. The fraction of sp³-hybridized carbons (Fsp3) is 0.185. The lowest BCUT2D eigenvalue weighted by molar-refractivity contribution is 0.0918. The van der Waals surface area contributed by atoms with Crippen molar-refractivity contribution in [1.29, 1.82) is 0 Å². The summed E-state index contributed by atoms with van der Waals surface area (Å²) in [5, 5.41) is 2.89. The lowest BCUT2D eigenvalue weighted by Crippen LogP contribution is -2.23. The van der Waals surface area contributed by atoms with Gasteiger partial charge < -0.3 is 14.5 Å². The number of ether oxygens (including phenoxy) is 1. The Kier molecular flexibility index (Phi) is 7.51. The van der Waals surface area contributed by atoms with Crippen LogP contribution in [0.2, 0.25) is 0 Å². The molecule has 0 saturated carbocycles. The summed E-state index contributed by atoms with van der Waals surface area (Å²) >= 11 is 0. The van der Waals surface area contributed by atoms with Crippen molar-refractivity contribution in [3.8, 4) is 5.75 Å². The number of rotatable bonds is 10. The van der Waals surface area contributed by atoms with Gasteiger partial charge in [0, 0.05) is 32.0 Å². The third-order valence-corrected chi connectivity index (χ3v) is 5.26. The second kappa shape index (κ2) is 11.1. The summed E-state index contributed by atoms with van der Waals surface area (Å²) in [4.78, 5) is 18.8. The number of carbonyl (C=O) groups is 1. The molecule has 0 unspecified atom stereocenters. The number of amides is 1. The number of furan rings is 1. The van der Waals surface area contributed by atoms with Gasteiger partial charge in [0.2, 0.25) is 0 Å². The predicted octanol–water partition coefficient (Wildman–Crippen LogP) is 4.82. The van der Waals surface area contributed by atoms with Crippen LogP contribution in [0.1, 0.15) is 33.0 Å². The Morgan fingerprint density at radius 3 is 2.42 bits per heavy atom. The summed E-state index contributed by atoms with van der Waals surface area (Å²) < 4.78 is 11.3. The zero-order chi connectivity index (χ0) is 22.9. The molecule has 4 aromatic rings. The molecule has 0 aliphatic heterocycles. The van der Waals surface area contributed by atoms with E-state index in [1.54, 1.807) is 25.6 Å². The lowest BCUT2D eigenvalue weighted by atomic mass is 10.1. The van der Waals surface area contributed by atoms with Crippen LogP contribution in [-0.2, 0) is 26.2 Å². The summed E-state index contributed by atoms with van der Waals surface area (Å²) in [5.74, 6) is 1.64. The van der Waals surface area contributed by atoms with E-state index in [9.17, 15) is 4.79 Å².